The van der Waals surface area contributed by atoms with Crippen LogP contribution < -0.4 is 0 Å². The average Bonchev–Trinajstić information content (AvgIpc) is 2.84. The molecule has 0 radical (unpaired) electrons. The van der Waals surface area contributed by atoms with Crippen LogP contribution in [0.1, 0.15) is 41.9 Å². The van der Waals surface area contributed by atoms with E-state index in [9.17, 15) is 4.79 Å². The third-order valence-electron chi connectivity index (χ3n) is 5.88. The van der Waals surface area contributed by atoms with E-state index in [4.69, 9.17) is 5.11 Å². The largest absolute Gasteiger partial charge is 0.384 e. The van der Waals surface area contributed by atoms with Gasteiger partial charge in [0.05, 0.1) is 10.8 Å². The number of fused-ring (bicyclic) bond motifs is 4. The molecule has 1 aromatic rings. The third-order valence-corrected chi connectivity index (χ3v) is 6.87. The van der Waals surface area contributed by atoms with Crippen LogP contribution in [0.25, 0.3) is 0 Å². The zero-order chi connectivity index (χ0) is 17.2. The van der Waals surface area contributed by atoms with E-state index in [-0.39, 0.29) is 12.5 Å². The summed E-state index contributed by atoms with van der Waals surface area (Å²) < 4.78 is 0. The van der Waals surface area contributed by atoms with E-state index in [1.54, 1.807) is 11.3 Å². The van der Waals surface area contributed by atoms with Crippen molar-refractivity contribution in [2.24, 2.45) is 11.8 Å². The fourth-order valence-electron chi connectivity index (χ4n) is 4.33. The van der Waals surface area contributed by atoms with E-state index in [0.717, 1.165) is 49.8 Å². The fraction of sp³-hybridized carbons (Fsp3) is 0.650. The van der Waals surface area contributed by atoms with Crippen LogP contribution in [0.5, 0.6) is 0 Å². The van der Waals surface area contributed by atoms with Crippen molar-refractivity contribution in [3.63, 3.8) is 0 Å². The van der Waals surface area contributed by atoms with Crippen LogP contribution in [0.4, 0.5) is 0 Å². The lowest BCUT2D eigenvalue weighted by molar-refractivity contribution is -0.141. The van der Waals surface area contributed by atoms with Crippen molar-refractivity contribution in [2.45, 2.75) is 44.7 Å². The van der Waals surface area contributed by atoms with E-state index in [1.807, 2.05) is 6.07 Å². The summed E-state index contributed by atoms with van der Waals surface area (Å²) in [6.07, 6.45) is 6.17. The van der Waals surface area contributed by atoms with E-state index in [2.05, 4.69) is 27.7 Å². The summed E-state index contributed by atoms with van der Waals surface area (Å²) in [6.45, 7) is 3.70. The van der Waals surface area contributed by atoms with Gasteiger partial charge in [-0.2, -0.15) is 0 Å². The Kier molecular flexibility index (Phi) is 5.12. The number of amides is 1. The Morgan fingerprint density at radius 1 is 1.20 bits per heavy atom. The van der Waals surface area contributed by atoms with E-state index < -0.39 is 0 Å². The highest BCUT2D eigenvalue weighted by Gasteiger charge is 2.41. The monoisotopic (exact) mass is 358 g/mol. The Labute approximate surface area is 153 Å². The van der Waals surface area contributed by atoms with Crippen LogP contribution in [0.3, 0.4) is 0 Å². The molecule has 3 aliphatic heterocycles. The third kappa shape index (κ3) is 3.76. The van der Waals surface area contributed by atoms with Gasteiger partial charge in [-0.05, 0) is 43.7 Å². The summed E-state index contributed by atoms with van der Waals surface area (Å²) in [5, 5.41) is 8.81. The zero-order valence-electron chi connectivity index (χ0n) is 14.6. The van der Waals surface area contributed by atoms with Crippen LogP contribution in [0, 0.1) is 23.7 Å². The summed E-state index contributed by atoms with van der Waals surface area (Å²) in [5.74, 6) is 7.04. The summed E-state index contributed by atoms with van der Waals surface area (Å²) in [5.41, 5.74) is 0. The van der Waals surface area contributed by atoms with Crippen molar-refractivity contribution >= 4 is 17.2 Å². The van der Waals surface area contributed by atoms with Crippen molar-refractivity contribution in [2.75, 3.05) is 26.2 Å². The fourth-order valence-corrected chi connectivity index (χ4v) is 5.25. The molecule has 4 fully saturated rings. The highest BCUT2D eigenvalue weighted by atomic mass is 32.1. The SMILES string of the molecule is O=C1[C@H]2CC[C@H](CN(Cc3ccc(C#CCO)s3)C2)N1CC1CCC1. The maximum absolute atomic E-state index is 12.9. The molecule has 1 N–H and O–H groups in total. The summed E-state index contributed by atoms with van der Waals surface area (Å²) in [7, 11) is 0. The number of piperidine rings is 1. The molecule has 0 aromatic carbocycles. The van der Waals surface area contributed by atoms with Gasteiger partial charge in [-0.25, -0.2) is 0 Å². The number of carbonyl (C=O) groups excluding carboxylic acids is 1. The molecule has 4 nitrogen and oxygen atoms in total. The molecule has 4 heterocycles. The van der Waals surface area contributed by atoms with E-state index in [0.29, 0.717) is 11.9 Å². The Morgan fingerprint density at radius 2 is 2.08 bits per heavy atom. The zero-order valence-corrected chi connectivity index (χ0v) is 15.4. The second-order valence-corrected chi connectivity index (χ2v) is 8.80. The number of nitrogens with zero attached hydrogens (tertiary/aromatic N) is 2. The van der Waals surface area contributed by atoms with Crippen molar-refractivity contribution in [3.05, 3.63) is 21.9 Å². The minimum absolute atomic E-state index is 0.0956. The lowest BCUT2D eigenvalue weighted by Gasteiger charge is -2.40. The maximum atomic E-state index is 12.9. The van der Waals surface area contributed by atoms with Gasteiger partial charge in [0.1, 0.15) is 6.61 Å². The highest BCUT2D eigenvalue weighted by molar-refractivity contribution is 7.12. The quantitative estimate of drug-likeness (QED) is 0.840. The molecule has 1 amide bonds. The summed E-state index contributed by atoms with van der Waals surface area (Å²) in [6, 6.07) is 4.57. The van der Waals surface area contributed by atoms with Gasteiger partial charge in [0, 0.05) is 37.1 Å². The molecule has 3 saturated heterocycles. The topological polar surface area (TPSA) is 43.8 Å². The number of rotatable bonds is 4. The number of aliphatic hydroxyl groups is 1. The van der Waals surface area contributed by atoms with Crippen molar-refractivity contribution < 1.29 is 9.90 Å². The molecule has 1 saturated carbocycles. The van der Waals surface area contributed by atoms with Crippen LogP contribution in [-0.2, 0) is 11.3 Å². The Morgan fingerprint density at radius 3 is 2.84 bits per heavy atom. The van der Waals surface area contributed by atoms with Crippen LogP contribution in [0.15, 0.2) is 12.1 Å². The lowest BCUT2D eigenvalue weighted by atomic mass is 9.83. The van der Waals surface area contributed by atoms with Crippen molar-refractivity contribution in [1.29, 1.82) is 0 Å². The first kappa shape index (κ1) is 17.1. The predicted molar refractivity (Wildman–Crippen MR) is 99.1 cm³/mol. The average molecular weight is 359 g/mol. The molecule has 134 valence electrons. The Balaban J connectivity index is 1.42. The summed E-state index contributed by atoms with van der Waals surface area (Å²) in [4.78, 5) is 19.9. The van der Waals surface area contributed by atoms with Gasteiger partial charge in [0.25, 0.3) is 0 Å². The van der Waals surface area contributed by atoms with Crippen molar-refractivity contribution in [3.8, 4) is 11.8 Å². The molecule has 0 unspecified atom stereocenters. The van der Waals surface area contributed by atoms with Gasteiger partial charge in [-0.15, -0.1) is 11.3 Å². The van der Waals surface area contributed by atoms with E-state index in [1.165, 1.54) is 24.1 Å². The van der Waals surface area contributed by atoms with Gasteiger partial charge in [-0.1, -0.05) is 18.3 Å². The number of carbonyl (C=O) groups is 1. The summed E-state index contributed by atoms with van der Waals surface area (Å²) >= 11 is 1.70. The van der Waals surface area contributed by atoms with Gasteiger partial charge in [0.2, 0.25) is 5.91 Å². The molecule has 4 aliphatic rings. The second-order valence-electron chi connectivity index (χ2n) is 7.64. The van der Waals surface area contributed by atoms with Gasteiger partial charge >= 0.3 is 0 Å². The van der Waals surface area contributed by atoms with E-state index >= 15 is 0 Å². The molecule has 0 spiro atoms. The highest BCUT2D eigenvalue weighted by Crippen LogP contribution is 2.34. The number of hydrogen-bond donors (Lipinski definition) is 1. The smallest absolute Gasteiger partial charge is 0.227 e. The Bertz CT molecular complexity index is 685. The van der Waals surface area contributed by atoms with Crippen LogP contribution in [0.2, 0.25) is 0 Å². The second kappa shape index (κ2) is 7.49. The minimum atomic E-state index is -0.0956. The standard InChI is InChI=1S/C20H26N2O2S/c23-10-2-5-18-8-9-19(25-18)14-21-12-16-6-7-17(13-21)22(20(16)24)11-15-3-1-4-15/h8-9,15-17,23H,1,3-4,6-7,10-14H2/t16-,17+/m0/s1. The minimum Gasteiger partial charge on any atom is -0.384 e. The normalized spacial score (nSPS) is 26.9. The molecule has 2 atom stereocenters. The lowest BCUT2D eigenvalue weighted by Crippen LogP contribution is -2.50. The number of thiophene rings is 1. The van der Waals surface area contributed by atoms with Crippen LogP contribution in [-0.4, -0.2) is 53.1 Å². The number of hydrogen-bond acceptors (Lipinski definition) is 4. The molecule has 2 bridgehead atoms. The first-order chi connectivity index (χ1) is 12.2. The Hall–Kier alpha value is -1.35. The molecular weight excluding hydrogens is 332 g/mol. The predicted octanol–water partition coefficient (Wildman–Crippen LogP) is 2.31. The molecule has 1 aromatic heterocycles. The molecule has 5 rings (SSSR count). The molecule has 5 heteroatoms. The van der Waals surface area contributed by atoms with Crippen molar-refractivity contribution in [1.82, 2.24) is 9.80 Å². The molecule has 1 aliphatic carbocycles. The van der Waals surface area contributed by atoms with Gasteiger partial charge in [-0.3, -0.25) is 9.69 Å². The first-order valence-electron chi connectivity index (χ1n) is 9.44. The maximum Gasteiger partial charge on any atom is 0.227 e. The van der Waals surface area contributed by atoms with Crippen LogP contribution >= 0.6 is 11.3 Å². The van der Waals surface area contributed by atoms with Gasteiger partial charge in [0.15, 0.2) is 0 Å². The molecule has 25 heavy (non-hydrogen) atoms. The number of aliphatic hydroxyl groups excluding tert-OH is 1. The first-order valence-corrected chi connectivity index (χ1v) is 10.3. The van der Waals surface area contributed by atoms with Gasteiger partial charge < -0.3 is 10.0 Å². The molecular formula is C20H26N2O2S.